The Kier molecular flexibility index (Phi) is 8.48. The van der Waals surface area contributed by atoms with Crippen LogP contribution < -0.4 is 11.4 Å². The number of aliphatic hydroxyl groups excluding tert-OH is 1. The number of aliphatic hydroxyl groups is 1. The van der Waals surface area contributed by atoms with E-state index in [0.29, 0.717) is 0 Å². The van der Waals surface area contributed by atoms with E-state index in [1.54, 1.807) is 0 Å². The molecule has 27 heavy (non-hydrogen) atoms. The summed E-state index contributed by atoms with van der Waals surface area (Å²) in [5, 5.41) is 9.33. The second-order valence-electron chi connectivity index (χ2n) is 4.96. The van der Waals surface area contributed by atoms with Crippen LogP contribution in [0.4, 0.5) is 5.82 Å². The Morgan fingerprint density at radius 3 is 2.33 bits per heavy atom. The monoisotopic (exact) mass is 453 g/mol. The topological polar surface area (TPSA) is 241 Å². The summed E-state index contributed by atoms with van der Waals surface area (Å²) >= 11 is 0. The molecule has 0 fully saturated rings. The molecule has 1 aromatic rings. The Labute approximate surface area is 151 Å². The number of anilines is 1. The zero-order valence-corrected chi connectivity index (χ0v) is 16.2. The largest absolute Gasteiger partial charge is 0.488 e. The van der Waals surface area contributed by atoms with Crippen molar-refractivity contribution in [1.29, 1.82) is 0 Å². The lowest BCUT2D eigenvalue weighted by Crippen LogP contribution is -2.29. The van der Waals surface area contributed by atoms with Crippen molar-refractivity contribution in [3.63, 3.8) is 0 Å². The molecule has 0 radical (unpaired) electrons. The molecule has 0 spiro atoms. The van der Waals surface area contributed by atoms with Gasteiger partial charge < -0.3 is 35.2 Å². The van der Waals surface area contributed by atoms with E-state index in [0.717, 1.165) is 4.57 Å². The highest BCUT2D eigenvalue weighted by Crippen LogP contribution is 2.65. The molecular weight excluding hydrogens is 435 g/mol. The third-order valence-electron chi connectivity index (χ3n) is 2.75. The lowest BCUT2D eigenvalue weighted by atomic mass is 10.2. The molecule has 3 unspecified atom stereocenters. The number of aromatic nitrogens is 2. The van der Waals surface area contributed by atoms with Crippen LogP contribution in [0, 0.1) is 0 Å². The summed E-state index contributed by atoms with van der Waals surface area (Å²) in [7, 11) is -15.9. The molecule has 1 rings (SSSR count). The van der Waals surface area contributed by atoms with Gasteiger partial charge in [0.05, 0.1) is 12.6 Å². The molecule has 0 aliphatic rings. The van der Waals surface area contributed by atoms with Crippen molar-refractivity contribution in [3.8, 4) is 0 Å². The van der Waals surface area contributed by atoms with Crippen molar-refractivity contribution in [1.82, 2.24) is 9.55 Å². The third kappa shape index (κ3) is 9.19. The van der Waals surface area contributed by atoms with Gasteiger partial charge in [0.15, 0.2) is 0 Å². The Balaban J connectivity index is 2.58. The summed E-state index contributed by atoms with van der Waals surface area (Å²) in [4.78, 5) is 50.4. The summed E-state index contributed by atoms with van der Waals surface area (Å²) in [5.74, 6) is -0.0199. The lowest BCUT2D eigenvalue weighted by molar-refractivity contribution is 0.123. The van der Waals surface area contributed by atoms with Gasteiger partial charge >= 0.3 is 28.9 Å². The van der Waals surface area contributed by atoms with E-state index >= 15 is 0 Å². The first-order valence-corrected chi connectivity index (χ1v) is 11.7. The fraction of sp³-hybridized carbons (Fsp3) is 0.556. The van der Waals surface area contributed by atoms with Crippen LogP contribution in [0.5, 0.6) is 0 Å². The van der Waals surface area contributed by atoms with Gasteiger partial charge in [0, 0.05) is 12.8 Å². The van der Waals surface area contributed by atoms with Crippen LogP contribution >= 0.6 is 23.2 Å². The molecule has 15 nitrogen and oxygen atoms in total. The smallest absolute Gasteiger partial charge is 0.394 e. The van der Waals surface area contributed by atoms with Gasteiger partial charge in [0.2, 0.25) is 0 Å². The van der Waals surface area contributed by atoms with Crippen molar-refractivity contribution in [2.24, 2.45) is 0 Å². The minimum absolute atomic E-state index is 0.0199. The van der Waals surface area contributed by atoms with Crippen LogP contribution in [0.15, 0.2) is 17.1 Å². The maximum Gasteiger partial charge on any atom is 0.488 e. The maximum absolute atomic E-state index is 11.7. The molecule has 0 saturated heterocycles. The molecular formula is C9H18N3O12P3. The summed E-state index contributed by atoms with van der Waals surface area (Å²) in [6.07, 6.45) is 0.125. The number of nitrogens with two attached hydrogens (primary N) is 1. The van der Waals surface area contributed by atoms with E-state index in [9.17, 15) is 28.5 Å². The summed E-state index contributed by atoms with van der Waals surface area (Å²) < 4.78 is 46.4. The van der Waals surface area contributed by atoms with E-state index < -0.39 is 47.9 Å². The number of ether oxygens (including phenoxy) is 1. The van der Waals surface area contributed by atoms with Crippen molar-refractivity contribution in [2.75, 3.05) is 25.3 Å². The average Bonchev–Trinajstić information content (AvgIpc) is 2.44. The second-order valence-corrected chi connectivity index (χ2v) is 9.72. The first-order valence-electron chi connectivity index (χ1n) is 6.91. The molecule has 156 valence electrons. The number of hydrogen-bond donors (Lipinski definition) is 6. The number of rotatable bonds is 11. The van der Waals surface area contributed by atoms with Crippen LogP contribution in [-0.4, -0.2) is 53.8 Å². The van der Waals surface area contributed by atoms with Gasteiger partial charge in [0.1, 0.15) is 12.2 Å². The third-order valence-corrected chi connectivity index (χ3v) is 6.78. The van der Waals surface area contributed by atoms with E-state index in [2.05, 4.69) is 13.6 Å². The van der Waals surface area contributed by atoms with Gasteiger partial charge in [-0.1, -0.05) is 0 Å². The predicted octanol–water partition coefficient (Wildman–Crippen LogP) is -0.865. The Morgan fingerprint density at radius 2 is 1.81 bits per heavy atom. The molecule has 0 aromatic carbocycles. The van der Waals surface area contributed by atoms with Crippen molar-refractivity contribution >= 4 is 29.1 Å². The van der Waals surface area contributed by atoms with E-state index in [1.165, 1.54) is 12.3 Å². The quantitative estimate of drug-likeness (QED) is 0.176. The molecule has 18 heteroatoms. The normalized spacial score (nSPS) is 17.8. The van der Waals surface area contributed by atoms with Gasteiger partial charge in [-0.3, -0.25) is 9.13 Å². The second kappa shape index (κ2) is 9.50. The first-order chi connectivity index (χ1) is 12.2. The van der Waals surface area contributed by atoms with Crippen LogP contribution in [0.25, 0.3) is 0 Å². The van der Waals surface area contributed by atoms with Crippen LogP contribution in [0.1, 0.15) is 12.5 Å². The molecule has 3 atom stereocenters. The molecule has 1 aromatic heterocycles. The van der Waals surface area contributed by atoms with E-state index in [4.69, 9.17) is 25.2 Å². The Bertz CT molecular complexity index is 837. The summed E-state index contributed by atoms with van der Waals surface area (Å²) in [5.41, 5.74) is 4.61. The highest BCUT2D eigenvalue weighted by Gasteiger charge is 2.39. The van der Waals surface area contributed by atoms with Gasteiger partial charge in [-0.05, 0) is 12.5 Å². The van der Waals surface area contributed by atoms with Gasteiger partial charge in [0.25, 0.3) is 0 Å². The standard InChI is InChI=1S/C9H18N3O12P3/c10-8-1-3-12(9(14)11-8)7(5-13)2-4-22-6-25(15,16)23-27(20,21)24-26(17,18)19/h1,3,7,13H,2,4-6H2,(H,15,16)(H,20,21)(H2,10,11,14)(H2,17,18,19). The molecule has 0 amide bonds. The van der Waals surface area contributed by atoms with Gasteiger partial charge in [-0.15, -0.1) is 0 Å². The van der Waals surface area contributed by atoms with Crippen molar-refractivity contribution < 1.29 is 51.7 Å². The van der Waals surface area contributed by atoms with Gasteiger partial charge in [-0.25, -0.2) is 18.2 Å². The molecule has 0 bridgehead atoms. The fourth-order valence-corrected chi connectivity index (χ4v) is 5.06. The van der Waals surface area contributed by atoms with Crippen molar-refractivity contribution in [3.05, 3.63) is 22.7 Å². The van der Waals surface area contributed by atoms with Crippen LogP contribution in [0.3, 0.4) is 0 Å². The molecule has 0 aliphatic heterocycles. The van der Waals surface area contributed by atoms with Crippen molar-refractivity contribution in [2.45, 2.75) is 12.5 Å². The number of phosphoric acid groups is 2. The number of hydrogen-bond acceptors (Lipinski definition) is 10. The van der Waals surface area contributed by atoms with E-state index in [1.807, 2.05) is 0 Å². The number of nitrogen functional groups attached to an aromatic ring is 1. The Hall–Kier alpha value is -0.950. The summed E-state index contributed by atoms with van der Waals surface area (Å²) in [6, 6.07) is 0.520. The SMILES string of the molecule is Nc1ccn(C(CO)CCOCP(=O)(O)OP(=O)(O)OP(=O)(O)O)c(=O)n1. The molecule has 7 N–H and O–H groups in total. The fourth-order valence-electron chi connectivity index (χ4n) is 1.76. The molecule has 1 heterocycles. The maximum atomic E-state index is 11.7. The molecule has 0 saturated carbocycles. The van der Waals surface area contributed by atoms with Crippen LogP contribution in [0.2, 0.25) is 0 Å². The zero-order valence-electron chi connectivity index (χ0n) is 13.5. The molecule has 0 aliphatic carbocycles. The number of nitrogens with zero attached hydrogens (tertiary/aromatic N) is 2. The zero-order chi connectivity index (χ0) is 20.9. The van der Waals surface area contributed by atoms with Crippen LogP contribution in [-0.2, 0) is 27.1 Å². The predicted molar refractivity (Wildman–Crippen MR) is 88.3 cm³/mol. The van der Waals surface area contributed by atoms with Gasteiger partial charge in [-0.2, -0.15) is 9.29 Å². The highest BCUT2D eigenvalue weighted by molar-refractivity contribution is 7.68. The lowest BCUT2D eigenvalue weighted by Gasteiger charge is -2.18. The highest BCUT2D eigenvalue weighted by atomic mass is 31.3. The minimum Gasteiger partial charge on any atom is -0.394 e. The average molecular weight is 453 g/mol. The summed E-state index contributed by atoms with van der Waals surface area (Å²) in [6.45, 7) is -0.796. The first kappa shape index (κ1) is 24.1. The Morgan fingerprint density at radius 1 is 1.19 bits per heavy atom. The minimum atomic E-state index is -5.53. The van der Waals surface area contributed by atoms with E-state index in [-0.39, 0.29) is 18.8 Å².